The molecule has 0 unspecified atom stereocenters. The number of ether oxygens (including phenoxy) is 1. The molecular formula is C23H23ClN2O4. The molecule has 0 spiro atoms. The van der Waals surface area contributed by atoms with E-state index in [0.29, 0.717) is 22.3 Å². The Hall–Kier alpha value is -2.99. The minimum absolute atomic E-state index is 0.00506. The lowest BCUT2D eigenvalue weighted by Gasteiger charge is -2.16. The maximum absolute atomic E-state index is 12.2. The Labute approximate surface area is 180 Å². The monoisotopic (exact) mass is 426 g/mol. The van der Waals surface area contributed by atoms with Crippen LogP contribution in [-0.4, -0.2) is 21.9 Å². The number of benzene rings is 2. The molecule has 1 aromatic heterocycles. The maximum Gasteiger partial charge on any atom is 0.306 e. The minimum atomic E-state index is -0.370. The molecule has 3 rings (SSSR count). The number of aromatic nitrogens is 2. The van der Waals surface area contributed by atoms with E-state index in [0.717, 1.165) is 27.8 Å². The van der Waals surface area contributed by atoms with Crippen LogP contribution in [0.4, 0.5) is 0 Å². The third-order valence-electron chi connectivity index (χ3n) is 4.97. The second-order valence-corrected chi connectivity index (χ2v) is 7.66. The van der Waals surface area contributed by atoms with E-state index in [1.54, 1.807) is 31.2 Å². The van der Waals surface area contributed by atoms with Crippen molar-refractivity contribution in [2.45, 2.75) is 47.1 Å². The molecule has 0 bridgehead atoms. The summed E-state index contributed by atoms with van der Waals surface area (Å²) in [6.45, 7) is 7.41. The highest BCUT2D eigenvalue weighted by Crippen LogP contribution is 2.24. The summed E-state index contributed by atoms with van der Waals surface area (Å²) >= 11 is 5.88. The molecule has 0 saturated carbocycles. The standard InChI is InChI=1S/C23H23ClN2O4/c1-13-11-14(2)22(16(4)27)15(3)19(13)12-29-21(28)10-9-20-25-23(26-30-20)17-5-7-18(24)8-6-17/h5-8,11H,9-10,12H2,1-4H3. The number of esters is 1. The highest BCUT2D eigenvalue weighted by Gasteiger charge is 2.16. The van der Waals surface area contributed by atoms with Crippen LogP contribution >= 0.6 is 11.6 Å². The highest BCUT2D eigenvalue weighted by atomic mass is 35.5. The van der Waals surface area contributed by atoms with E-state index in [1.807, 2.05) is 26.8 Å². The van der Waals surface area contributed by atoms with Gasteiger partial charge in [-0.25, -0.2) is 0 Å². The van der Waals surface area contributed by atoms with E-state index < -0.39 is 0 Å². The molecule has 0 N–H and O–H groups in total. The lowest BCUT2D eigenvalue weighted by Crippen LogP contribution is -2.10. The van der Waals surface area contributed by atoms with Gasteiger partial charge in [-0.15, -0.1) is 0 Å². The lowest BCUT2D eigenvalue weighted by atomic mass is 9.92. The fourth-order valence-electron chi connectivity index (χ4n) is 3.50. The third kappa shape index (κ3) is 4.94. The van der Waals surface area contributed by atoms with Gasteiger partial charge >= 0.3 is 5.97 Å². The van der Waals surface area contributed by atoms with Gasteiger partial charge in [-0.2, -0.15) is 4.98 Å². The molecule has 0 aliphatic heterocycles. The molecule has 3 aromatic rings. The van der Waals surface area contributed by atoms with Crippen LogP contribution in [0.1, 0.15) is 51.8 Å². The number of nitrogens with zero attached hydrogens (tertiary/aromatic N) is 2. The van der Waals surface area contributed by atoms with Gasteiger partial charge in [0.15, 0.2) is 5.78 Å². The first kappa shape index (κ1) is 21.7. The Bertz CT molecular complexity index is 1090. The van der Waals surface area contributed by atoms with Gasteiger partial charge in [-0.05, 0) is 74.2 Å². The number of Topliss-reactive ketones (excluding diaryl/α,β-unsaturated/α-hetero) is 1. The summed E-state index contributed by atoms with van der Waals surface area (Å²) < 4.78 is 10.7. The van der Waals surface area contributed by atoms with E-state index in [-0.39, 0.29) is 31.2 Å². The van der Waals surface area contributed by atoms with Crippen LogP contribution in [0.5, 0.6) is 0 Å². The molecule has 0 aliphatic rings. The van der Waals surface area contributed by atoms with Crippen LogP contribution in [0.25, 0.3) is 11.4 Å². The zero-order valence-electron chi connectivity index (χ0n) is 17.4. The molecule has 7 heteroatoms. The van der Waals surface area contributed by atoms with Crippen LogP contribution in [0.3, 0.4) is 0 Å². The summed E-state index contributed by atoms with van der Waals surface area (Å²) in [7, 11) is 0. The Morgan fingerprint density at radius 1 is 1.10 bits per heavy atom. The van der Waals surface area contributed by atoms with Gasteiger partial charge in [-0.3, -0.25) is 9.59 Å². The summed E-state index contributed by atoms with van der Waals surface area (Å²) in [5, 5.41) is 4.56. The van der Waals surface area contributed by atoms with Gasteiger partial charge in [0.25, 0.3) is 0 Å². The van der Waals surface area contributed by atoms with E-state index in [1.165, 1.54) is 0 Å². The van der Waals surface area contributed by atoms with Crippen molar-refractivity contribution in [3.8, 4) is 11.4 Å². The van der Waals surface area contributed by atoms with Gasteiger partial charge in [0, 0.05) is 22.6 Å². The Kier molecular flexibility index (Phi) is 6.67. The topological polar surface area (TPSA) is 82.3 Å². The molecule has 30 heavy (non-hydrogen) atoms. The Morgan fingerprint density at radius 3 is 2.47 bits per heavy atom. The molecule has 156 valence electrons. The van der Waals surface area contributed by atoms with Gasteiger partial charge in [0.1, 0.15) is 6.61 Å². The summed E-state index contributed by atoms with van der Waals surface area (Å²) in [5.74, 6) is 0.437. The van der Waals surface area contributed by atoms with Crippen LogP contribution in [0, 0.1) is 20.8 Å². The summed E-state index contributed by atoms with van der Waals surface area (Å²) in [6, 6.07) is 9.04. The SMILES string of the molecule is CC(=O)c1c(C)cc(C)c(COC(=O)CCc2nc(-c3ccc(Cl)cc3)no2)c1C. The van der Waals surface area contributed by atoms with Gasteiger partial charge in [-0.1, -0.05) is 22.8 Å². The van der Waals surface area contributed by atoms with Crippen molar-refractivity contribution in [1.29, 1.82) is 0 Å². The fourth-order valence-corrected chi connectivity index (χ4v) is 3.62. The van der Waals surface area contributed by atoms with Gasteiger partial charge in [0.2, 0.25) is 11.7 Å². The highest BCUT2D eigenvalue weighted by molar-refractivity contribution is 6.30. The number of aryl methyl sites for hydroxylation is 3. The predicted octanol–water partition coefficient (Wildman–Crippen LogP) is 5.19. The molecule has 1 heterocycles. The molecule has 0 saturated heterocycles. The molecule has 0 fully saturated rings. The fraction of sp³-hybridized carbons (Fsp3) is 0.304. The number of carbonyl (C=O) groups excluding carboxylic acids is 2. The zero-order chi connectivity index (χ0) is 21.8. The first-order valence-electron chi connectivity index (χ1n) is 9.61. The molecule has 0 amide bonds. The number of carbonyl (C=O) groups is 2. The van der Waals surface area contributed by atoms with E-state index in [2.05, 4.69) is 10.1 Å². The van der Waals surface area contributed by atoms with Gasteiger partial charge in [0.05, 0.1) is 6.42 Å². The molecule has 6 nitrogen and oxygen atoms in total. The van der Waals surface area contributed by atoms with Crippen molar-refractivity contribution in [2.24, 2.45) is 0 Å². The second kappa shape index (κ2) is 9.22. The molecule has 0 radical (unpaired) electrons. The van der Waals surface area contributed by atoms with E-state index >= 15 is 0 Å². The zero-order valence-corrected chi connectivity index (χ0v) is 18.2. The van der Waals surface area contributed by atoms with Crippen molar-refractivity contribution in [3.05, 3.63) is 69.1 Å². The number of hydrogen-bond acceptors (Lipinski definition) is 6. The van der Waals surface area contributed by atoms with Crippen LogP contribution in [-0.2, 0) is 22.6 Å². The average molecular weight is 427 g/mol. The number of halogens is 1. The quantitative estimate of drug-likeness (QED) is 0.381. The van der Waals surface area contributed by atoms with E-state index in [9.17, 15) is 9.59 Å². The molecule has 0 atom stereocenters. The number of hydrogen-bond donors (Lipinski definition) is 0. The summed E-state index contributed by atoms with van der Waals surface area (Å²) in [4.78, 5) is 28.5. The lowest BCUT2D eigenvalue weighted by molar-refractivity contribution is -0.145. The maximum atomic E-state index is 12.2. The van der Waals surface area contributed by atoms with Crippen molar-refractivity contribution < 1.29 is 18.8 Å². The Balaban J connectivity index is 1.59. The first-order valence-corrected chi connectivity index (χ1v) is 9.98. The van der Waals surface area contributed by atoms with Gasteiger partial charge < -0.3 is 9.26 Å². The first-order chi connectivity index (χ1) is 14.3. The Morgan fingerprint density at radius 2 is 1.80 bits per heavy atom. The minimum Gasteiger partial charge on any atom is -0.461 e. The van der Waals surface area contributed by atoms with Crippen LogP contribution in [0.15, 0.2) is 34.9 Å². The second-order valence-electron chi connectivity index (χ2n) is 7.22. The van der Waals surface area contributed by atoms with Crippen LogP contribution < -0.4 is 0 Å². The molecular weight excluding hydrogens is 404 g/mol. The van der Waals surface area contributed by atoms with Crippen molar-refractivity contribution >= 4 is 23.4 Å². The van der Waals surface area contributed by atoms with Crippen molar-refractivity contribution in [1.82, 2.24) is 10.1 Å². The number of ketones is 1. The molecule has 2 aromatic carbocycles. The normalized spacial score (nSPS) is 10.8. The van der Waals surface area contributed by atoms with Crippen molar-refractivity contribution in [3.63, 3.8) is 0 Å². The number of rotatable bonds is 7. The molecule has 0 aliphatic carbocycles. The van der Waals surface area contributed by atoms with Crippen LogP contribution in [0.2, 0.25) is 5.02 Å². The van der Waals surface area contributed by atoms with E-state index in [4.69, 9.17) is 20.9 Å². The third-order valence-corrected chi connectivity index (χ3v) is 5.23. The summed E-state index contributed by atoms with van der Waals surface area (Å²) in [5.41, 5.74) is 5.11. The summed E-state index contributed by atoms with van der Waals surface area (Å²) in [6.07, 6.45) is 0.399. The average Bonchev–Trinajstić information content (AvgIpc) is 3.15. The predicted molar refractivity (Wildman–Crippen MR) is 114 cm³/mol. The smallest absolute Gasteiger partial charge is 0.306 e. The van der Waals surface area contributed by atoms with Crippen molar-refractivity contribution in [2.75, 3.05) is 0 Å². The largest absolute Gasteiger partial charge is 0.461 e.